The number of aromatic nitrogens is 1. The van der Waals surface area contributed by atoms with Crippen LogP contribution in [0, 0.1) is 17.3 Å². The Morgan fingerprint density at radius 1 is 1.17 bits per heavy atom. The maximum Gasteiger partial charge on any atom is 0.314 e. The largest absolute Gasteiger partial charge is 0.459 e. The Kier molecular flexibility index (Phi) is 6.54. The number of esters is 1. The van der Waals surface area contributed by atoms with Gasteiger partial charge in [-0.1, -0.05) is 52.0 Å². The molecule has 0 spiro atoms. The molecule has 1 aromatic carbocycles. The number of hydrogen-bond donors (Lipinski definition) is 1. The lowest BCUT2D eigenvalue weighted by Crippen LogP contribution is -2.12. The monoisotopic (exact) mass is 396 g/mol. The topological polar surface area (TPSA) is 69.7 Å². The molecule has 2 aromatic rings. The minimum Gasteiger partial charge on any atom is -0.459 e. The summed E-state index contributed by atoms with van der Waals surface area (Å²) in [4.78, 5) is 22.3. The Balaban J connectivity index is 1.53. The van der Waals surface area contributed by atoms with E-state index in [9.17, 15) is 4.79 Å². The molecule has 1 aliphatic rings. The first-order chi connectivity index (χ1) is 13.9. The van der Waals surface area contributed by atoms with Crippen molar-refractivity contribution in [3.05, 3.63) is 66.0 Å². The summed E-state index contributed by atoms with van der Waals surface area (Å²) in [5.41, 5.74) is 4.19. The third-order valence-electron chi connectivity index (χ3n) is 4.75. The van der Waals surface area contributed by atoms with E-state index in [4.69, 9.17) is 14.3 Å². The molecule has 0 saturated heterocycles. The van der Waals surface area contributed by atoms with Crippen LogP contribution in [0.2, 0.25) is 0 Å². The van der Waals surface area contributed by atoms with E-state index in [1.165, 1.54) is 0 Å². The summed E-state index contributed by atoms with van der Waals surface area (Å²) in [6, 6.07) is 14.8. The maximum atomic E-state index is 12.5. The van der Waals surface area contributed by atoms with Gasteiger partial charge in [-0.05, 0) is 29.7 Å². The minimum absolute atomic E-state index is 0.0992. The van der Waals surface area contributed by atoms with E-state index in [1.54, 1.807) is 18.3 Å². The highest BCUT2D eigenvalue weighted by atomic mass is 16.6. The summed E-state index contributed by atoms with van der Waals surface area (Å²) < 4.78 is 11.2. The first-order valence-corrected chi connectivity index (χ1v) is 9.81. The van der Waals surface area contributed by atoms with Crippen molar-refractivity contribution < 1.29 is 19.1 Å². The summed E-state index contributed by atoms with van der Waals surface area (Å²) in [6.07, 6.45) is 1.76. The zero-order valence-electron chi connectivity index (χ0n) is 17.3. The zero-order valence-corrected chi connectivity index (χ0v) is 17.3. The van der Waals surface area contributed by atoms with Gasteiger partial charge in [-0.3, -0.25) is 15.1 Å². The number of carbonyl (C=O) groups is 1. The number of hydrogen-bond acceptors (Lipinski definition) is 6. The van der Waals surface area contributed by atoms with Crippen LogP contribution in [-0.2, 0) is 21.0 Å². The molecule has 1 aromatic heterocycles. The standard InChI is InChI=1S/C23H28N2O4/c1-16(2)14-28-24-13-19-21(23(19,3)4)22(26)27-15-17-9-8-12-20(25-17)29-18-10-6-5-7-11-18/h5-13,16,21,24H,14-15H2,1-4H3. The molecule has 29 heavy (non-hydrogen) atoms. The van der Waals surface area contributed by atoms with Gasteiger partial charge in [-0.25, -0.2) is 4.98 Å². The van der Waals surface area contributed by atoms with Gasteiger partial charge in [-0.2, -0.15) is 0 Å². The van der Waals surface area contributed by atoms with E-state index in [0.717, 1.165) is 5.57 Å². The molecule has 1 aliphatic carbocycles. The SMILES string of the molecule is CC(C)CONC=C1C(C(=O)OCc2cccc(Oc3ccccc3)n2)C1(C)C. The fourth-order valence-corrected chi connectivity index (χ4v) is 3.02. The molecular formula is C23H28N2O4. The van der Waals surface area contributed by atoms with E-state index in [2.05, 4.69) is 24.3 Å². The van der Waals surface area contributed by atoms with Crippen molar-refractivity contribution >= 4 is 5.97 Å². The fourth-order valence-electron chi connectivity index (χ4n) is 3.02. The molecular weight excluding hydrogens is 368 g/mol. The number of benzene rings is 1. The first kappa shape index (κ1) is 20.9. The maximum absolute atomic E-state index is 12.5. The minimum atomic E-state index is -0.276. The van der Waals surface area contributed by atoms with Crippen molar-refractivity contribution in [2.24, 2.45) is 17.3 Å². The molecule has 0 bridgehead atoms. The normalized spacial score (nSPS) is 18.5. The lowest BCUT2D eigenvalue weighted by molar-refractivity contribution is -0.147. The van der Waals surface area contributed by atoms with Gasteiger partial charge in [0, 0.05) is 17.7 Å². The van der Waals surface area contributed by atoms with Gasteiger partial charge in [0.25, 0.3) is 0 Å². The molecule has 0 amide bonds. The number of hydroxylamine groups is 1. The van der Waals surface area contributed by atoms with Gasteiger partial charge >= 0.3 is 5.97 Å². The van der Waals surface area contributed by atoms with Crippen LogP contribution >= 0.6 is 0 Å². The average Bonchev–Trinajstić information content (AvgIpc) is 3.25. The van der Waals surface area contributed by atoms with Crippen molar-refractivity contribution in [1.82, 2.24) is 10.5 Å². The second-order valence-corrected chi connectivity index (χ2v) is 8.07. The molecule has 1 atom stereocenters. The van der Waals surface area contributed by atoms with Crippen LogP contribution < -0.4 is 10.2 Å². The quantitative estimate of drug-likeness (QED) is 0.378. The number of ether oxygens (including phenoxy) is 2. The van der Waals surface area contributed by atoms with Gasteiger partial charge in [0.1, 0.15) is 12.4 Å². The summed E-state index contributed by atoms with van der Waals surface area (Å²) >= 11 is 0. The predicted octanol–water partition coefficient (Wildman–Crippen LogP) is 4.63. The smallest absolute Gasteiger partial charge is 0.314 e. The van der Waals surface area contributed by atoms with Crippen LogP contribution in [0.1, 0.15) is 33.4 Å². The van der Waals surface area contributed by atoms with Crippen molar-refractivity contribution in [3.63, 3.8) is 0 Å². The van der Waals surface area contributed by atoms with Gasteiger partial charge in [-0.15, -0.1) is 0 Å². The summed E-state index contributed by atoms with van der Waals surface area (Å²) in [5.74, 6) is 1.06. The molecule has 154 valence electrons. The molecule has 0 aliphatic heterocycles. The average molecular weight is 396 g/mol. The van der Waals surface area contributed by atoms with Crippen molar-refractivity contribution in [1.29, 1.82) is 0 Å². The lowest BCUT2D eigenvalue weighted by Gasteiger charge is -2.08. The molecule has 6 nitrogen and oxygen atoms in total. The molecule has 1 saturated carbocycles. The van der Waals surface area contributed by atoms with E-state index in [0.29, 0.717) is 29.8 Å². The number of nitrogens with zero attached hydrogens (tertiary/aromatic N) is 1. The molecule has 3 rings (SSSR count). The van der Waals surface area contributed by atoms with Crippen molar-refractivity contribution in [3.8, 4) is 11.6 Å². The second kappa shape index (κ2) is 9.09. The Bertz CT molecular complexity index is 862. The van der Waals surface area contributed by atoms with Gasteiger partial charge < -0.3 is 9.47 Å². The van der Waals surface area contributed by atoms with Gasteiger partial charge in [0.2, 0.25) is 5.88 Å². The van der Waals surface area contributed by atoms with Crippen LogP contribution in [0.5, 0.6) is 11.6 Å². The number of rotatable bonds is 9. The summed E-state index contributed by atoms with van der Waals surface area (Å²) in [6.45, 7) is 8.88. The Morgan fingerprint density at radius 3 is 2.66 bits per heavy atom. The first-order valence-electron chi connectivity index (χ1n) is 9.81. The molecule has 1 N–H and O–H groups in total. The molecule has 1 heterocycles. The third-order valence-corrected chi connectivity index (χ3v) is 4.75. The van der Waals surface area contributed by atoms with Crippen LogP contribution in [0.25, 0.3) is 0 Å². The number of carbonyl (C=O) groups excluding carboxylic acids is 1. The van der Waals surface area contributed by atoms with Crippen LogP contribution in [0.15, 0.2) is 60.3 Å². The highest BCUT2D eigenvalue weighted by Gasteiger charge is 2.58. The third kappa shape index (κ3) is 5.57. The van der Waals surface area contributed by atoms with Crippen LogP contribution in [0.4, 0.5) is 0 Å². The number of nitrogens with one attached hydrogen (secondary N) is 1. The number of pyridine rings is 1. The highest BCUT2D eigenvalue weighted by molar-refractivity contribution is 5.83. The Morgan fingerprint density at radius 2 is 1.93 bits per heavy atom. The fraction of sp³-hybridized carbons (Fsp3) is 0.391. The van der Waals surface area contributed by atoms with E-state index in [1.807, 2.05) is 50.2 Å². The van der Waals surface area contributed by atoms with Crippen molar-refractivity contribution in [2.45, 2.75) is 34.3 Å². The Hall–Kier alpha value is -2.86. The van der Waals surface area contributed by atoms with Gasteiger partial charge in [0.05, 0.1) is 18.2 Å². The summed E-state index contributed by atoms with van der Waals surface area (Å²) in [5, 5.41) is 0. The number of para-hydroxylation sites is 1. The molecule has 0 radical (unpaired) electrons. The van der Waals surface area contributed by atoms with Crippen LogP contribution in [0.3, 0.4) is 0 Å². The van der Waals surface area contributed by atoms with E-state index < -0.39 is 0 Å². The van der Waals surface area contributed by atoms with Gasteiger partial charge in [0.15, 0.2) is 0 Å². The predicted molar refractivity (Wildman–Crippen MR) is 110 cm³/mol. The highest BCUT2D eigenvalue weighted by Crippen LogP contribution is 2.58. The van der Waals surface area contributed by atoms with Crippen LogP contribution in [-0.4, -0.2) is 17.6 Å². The molecule has 1 fully saturated rings. The second-order valence-electron chi connectivity index (χ2n) is 8.07. The summed E-state index contributed by atoms with van der Waals surface area (Å²) in [7, 11) is 0. The Labute approximate surface area is 171 Å². The van der Waals surface area contributed by atoms with E-state index >= 15 is 0 Å². The zero-order chi connectivity index (χ0) is 20.9. The van der Waals surface area contributed by atoms with Crippen molar-refractivity contribution in [2.75, 3.05) is 6.61 Å². The molecule has 1 unspecified atom stereocenters. The van der Waals surface area contributed by atoms with E-state index in [-0.39, 0.29) is 23.9 Å². The lowest BCUT2D eigenvalue weighted by atomic mass is 10.1. The molecule has 6 heteroatoms.